The van der Waals surface area contributed by atoms with Crippen LogP contribution < -0.4 is 15.4 Å². The summed E-state index contributed by atoms with van der Waals surface area (Å²) in [4.78, 5) is 25.8. The standard InChI is InChI=1S/C19H17N3O5S/c23-18(20-14-5-8-17-16(12-14)21-19(24)27-17)9-4-13-2-6-15(7-3-13)22-10-1-11-28(22,25)26/h2-9,12H,1,10-11H2,(H,20,23)(H,21,24)/b9-4+. The molecule has 9 heteroatoms. The molecule has 28 heavy (non-hydrogen) atoms. The number of sulfonamides is 1. The maximum Gasteiger partial charge on any atom is 0.417 e. The van der Waals surface area contributed by atoms with Crippen LogP contribution >= 0.6 is 0 Å². The van der Waals surface area contributed by atoms with Crippen molar-refractivity contribution in [2.45, 2.75) is 6.42 Å². The average molecular weight is 399 g/mol. The number of carbonyl (C=O) groups excluding carboxylic acids is 1. The zero-order valence-corrected chi connectivity index (χ0v) is 15.5. The van der Waals surface area contributed by atoms with Gasteiger partial charge in [0.2, 0.25) is 15.9 Å². The normalized spacial score (nSPS) is 16.1. The van der Waals surface area contributed by atoms with E-state index in [0.29, 0.717) is 35.4 Å². The van der Waals surface area contributed by atoms with Gasteiger partial charge in [0.1, 0.15) is 0 Å². The number of fused-ring (bicyclic) bond motifs is 1. The Balaban J connectivity index is 1.43. The molecule has 1 aromatic heterocycles. The molecule has 0 saturated carbocycles. The Bertz CT molecular complexity index is 1220. The lowest BCUT2D eigenvalue weighted by Gasteiger charge is -2.16. The average Bonchev–Trinajstić information content (AvgIpc) is 3.20. The molecular formula is C19H17N3O5S. The fraction of sp³-hybridized carbons (Fsp3) is 0.158. The van der Waals surface area contributed by atoms with E-state index in [1.165, 1.54) is 10.4 Å². The third kappa shape index (κ3) is 3.70. The number of nitrogens with one attached hydrogen (secondary N) is 2. The van der Waals surface area contributed by atoms with E-state index in [1.54, 1.807) is 48.5 Å². The highest BCUT2D eigenvalue weighted by molar-refractivity contribution is 7.93. The summed E-state index contributed by atoms with van der Waals surface area (Å²) in [5.41, 5.74) is 2.83. The topological polar surface area (TPSA) is 112 Å². The van der Waals surface area contributed by atoms with E-state index in [0.717, 1.165) is 5.56 Å². The zero-order valence-electron chi connectivity index (χ0n) is 14.7. The van der Waals surface area contributed by atoms with Crippen molar-refractivity contribution in [2.24, 2.45) is 0 Å². The quantitative estimate of drug-likeness (QED) is 0.654. The smallest absolute Gasteiger partial charge is 0.408 e. The van der Waals surface area contributed by atoms with Crippen LogP contribution in [0.2, 0.25) is 0 Å². The molecule has 2 heterocycles. The fourth-order valence-corrected chi connectivity index (χ4v) is 4.63. The van der Waals surface area contributed by atoms with E-state index in [2.05, 4.69) is 10.3 Å². The lowest BCUT2D eigenvalue weighted by molar-refractivity contribution is -0.111. The second-order valence-electron chi connectivity index (χ2n) is 6.38. The maximum absolute atomic E-state index is 12.1. The number of hydrogen-bond acceptors (Lipinski definition) is 5. The Kier molecular flexibility index (Phi) is 4.52. The van der Waals surface area contributed by atoms with Crippen molar-refractivity contribution in [2.75, 3.05) is 21.9 Å². The Labute approximate surface area is 160 Å². The first-order valence-corrected chi connectivity index (χ1v) is 10.2. The zero-order chi connectivity index (χ0) is 19.7. The van der Waals surface area contributed by atoms with E-state index in [9.17, 15) is 18.0 Å². The van der Waals surface area contributed by atoms with Gasteiger partial charge in [0.15, 0.2) is 5.58 Å². The summed E-state index contributed by atoms with van der Waals surface area (Å²) in [6, 6.07) is 11.8. The van der Waals surface area contributed by atoms with Gasteiger partial charge < -0.3 is 9.73 Å². The van der Waals surface area contributed by atoms with Crippen LogP contribution in [0.3, 0.4) is 0 Å². The second kappa shape index (κ2) is 7.01. The van der Waals surface area contributed by atoms with Crippen LogP contribution in [0.4, 0.5) is 11.4 Å². The Hall–Kier alpha value is -3.33. The van der Waals surface area contributed by atoms with Crippen LogP contribution in [0.15, 0.2) is 57.8 Å². The number of amides is 1. The van der Waals surface area contributed by atoms with Gasteiger partial charge in [0.05, 0.1) is 17.0 Å². The molecule has 4 rings (SSSR count). The van der Waals surface area contributed by atoms with Crippen LogP contribution in [-0.4, -0.2) is 31.6 Å². The molecule has 2 aromatic carbocycles. The Morgan fingerprint density at radius 1 is 1.18 bits per heavy atom. The van der Waals surface area contributed by atoms with Gasteiger partial charge in [-0.05, 0) is 48.4 Å². The van der Waals surface area contributed by atoms with Crippen LogP contribution in [0.5, 0.6) is 0 Å². The van der Waals surface area contributed by atoms with Crippen LogP contribution in [-0.2, 0) is 14.8 Å². The van der Waals surface area contributed by atoms with Crippen LogP contribution in [0.25, 0.3) is 17.2 Å². The number of aromatic amines is 1. The molecule has 0 aliphatic carbocycles. The van der Waals surface area contributed by atoms with E-state index >= 15 is 0 Å². The molecule has 0 spiro atoms. The van der Waals surface area contributed by atoms with Crippen molar-refractivity contribution < 1.29 is 17.6 Å². The summed E-state index contributed by atoms with van der Waals surface area (Å²) in [5.74, 6) is -0.715. The highest BCUT2D eigenvalue weighted by atomic mass is 32.2. The first-order chi connectivity index (χ1) is 13.4. The first-order valence-electron chi connectivity index (χ1n) is 8.63. The summed E-state index contributed by atoms with van der Waals surface area (Å²) < 4.78 is 30.2. The van der Waals surface area contributed by atoms with Crippen LogP contribution in [0.1, 0.15) is 12.0 Å². The highest BCUT2D eigenvalue weighted by Crippen LogP contribution is 2.24. The summed E-state index contributed by atoms with van der Waals surface area (Å²) in [6.45, 7) is 0.492. The summed E-state index contributed by atoms with van der Waals surface area (Å²) in [5, 5.41) is 2.70. The van der Waals surface area contributed by atoms with Crippen molar-refractivity contribution in [1.82, 2.24) is 4.98 Å². The maximum atomic E-state index is 12.1. The predicted octanol–water partition coefficient (Wildman–Crippen LogP) is 2.31. The Morgan fingerprint density at radius 3 is 2.68 bits per heavy atom. The van der Waals surface area contributed by atoms with E-state index in [1.807, 2.05) is 0 Å². The molecule has 144 valence electrons. The number of rotatable bonds is 4. The Morgan fingerprint density at radius 2 is 1.96 bits per heavy atom. The third-order valence-corrected chi connectivity index (χ3v) is 6.26. The number of aromatic nitrogens is 1. The van der Waals surface area contributed by atoms with Gasteiger partial charge in [0.25, 0.3) is 0 Å². The van der Waals surface area contributed by atoms with Gasteiger partial charge >= 0.3 is 5.76 Å². The lowest BCUT2D eigenvalue weighted by atomic mass is 10.2. The largest absolute Gasteiger partial charge is 0.417 e. The molecule has 1 saturated heterocycles. The van der Waals surface area contributed by atoms with Gasteiger partial charge in [-0.25, -0.2) is 13.2 Å². The minimum absolute atomic E-state index is 0.174. The number of oxazole rings is 1. The molecule has 0 radical (unpaired) electrons. The summed E-state index contributed by atoms with van der Waals surface area (Å²) in [7, 11) is -3.21. The molecule has 3 aromatic rings. The van der Waals surface area contributed by atoms with Gasteiger partial charge in [-0.15, -0.1) is 0 Å². The first kappa shape index (κ1) is 18.1. The number of hydrogen-bond donors (Lipinski definition) is 2. The molecule has 1 aliphatic heterocycles. The molecule has 0 atom stereocenters. The SMILES string of the molecule is O=C(/C=C/c1ccc(N2CCCS2(=O)=O)cc1)Nc1ccc2oc(=O)[nH]c2c1. The van der Waals surface area contributed by atoms with Crippen molar-refractivity contribution in [3.63, 3.8) is 0 Å². The molecule has 0 bridgehead atoms. The van der Waals surface area contributed by atoms with Gasteiger partial charge in [-0.1, -0.05) is 12.1 Å². The number of nitrogens with zero attached hydrogens (tertiary/aromatic N) is 1. The van der Waals surface area contributed by atoms with Crippen LogP contribution in [0, 0.1) is 0 Å². The van der Waals surface area contributed by atoms with E-state index < -0.39 is 15.8 Å². The van der Waals surface area contributed by atoms with Crippen molar-refractivity contribution in [3.8, 4) is 0 Å². The summed E-state index contributed by atoms with van der Waals surface area (Å²) >= 11 is 0. The molecule has 1 fully saturated rings. The predicted molar refractivity (Wildman–Crippen MR) is 107 cm³/mol. The van der Waals surface area contributed by atoms with Gasteiger partial charge in [-0.2, -0.15) is 0 Å². The second-order valence-corrected chi connectivity index (χ2v) is 8.39. The lowest BCUT2D eigenvalue weighted by Crippen LogP contribution is -2.24. The monoisotopic (exact) mass is 399 g/mol. The third-order valence-electron chi connectivity index (χ3n) is 4.39. The number of carbonyl (C=O) groups is 1. The molecular weight excluding hydrogens is 382 g/mol. The van der Waals surface area contributed by atoms with Crippen molar-refractivity contribution in [1.29, 1.82) is 0 Å². The van der Waals surface area contributed by atoms with Crippen molar-refractivity contribution >= 4 is 44.5 Å². The number of H-pyrrole nitrogens is 1. The molecule has 8 nitrogen and oxygen atoms in total. The number of anilines is 2. The number of benzene rings is 2. The minimum atomic E-state index is -3.21. The molecule has 1 amide bonds. The van der Waals surface area contributed by atoms with Crippen molar-refractivity contribution in [3.05, 3.63) is 64.7 Å². The summed E-state index contributed by atoms with van der Waals surface area (Å²) in [6.07, 6.45) is 3.64. The highest BCUT2D eigenvalue weighted by Gasteiger charge is 2.28. The minimum Gasteiger partial charge on any atom is -0.408 e. The molecule has 1 aliphatic rings. The van der Waals surface area contributed by atoms with E-state index in [4.69, 9.17) is 4.42 Å². The van der Waals surface area contributed by atoms with Gasteiger partial charge in [0, 0.05) is 18.3 Å². The molecule has 2 N–H and O–H groups in total. The fourth-order valence-electron chi connectivity index (χ4n) is 3.07. The van der Waals surface area contributed by atoms with Gasteiger partial charge in [-0.3, -0.25) is 14.1 Å². The van der Waals surface area contributed by atoms with E-state index in [-0.39, 0.29) is 11.7 Å². The molecule has 0 unspecified atom stereocenters.